The van der Waals surface area contributed by atoms with E-state index < -0.39 is 0 Å². The Morgan fingerprint density at radius 1 is 1.50 bits per heavy atom. The van der Waals surface area contributed by atoms with Crippen molar-refractivity contribution in [3.8, 4) is 0 Å². The standard InChI is InChI=1S/C11H16ClNS/c1-9(13-6-7-14-2)10-4-3-5-11(12)8-10/h3-5,8-9,13H,6-7H2,1-2H3/t9-/m1/s1. The SMILES string of the molecule is CSCCN[C@H](C)c1cccc(Cl)c1. The molecule has 1 rings (SSSR count). The summed E-state index contributed by atoms with van der Waals surface area (Å²) in [5, 5.41) is 4.25. The van der Waals surface area contributed by atoms with E-state index >= 15 is 0 Å². The van der Waals surface area contributed by atoms with E-state index in [0.717, 1.165) is 17.3 Å². The highest BCUT2D eigenvalue weighted by Gasteiger charge is 2.03. The third kappa shape index (κ3) is 3.91. The second kappa shape index (κ2) is 6.33. The van der Waals surface area contributed by atoms with Gasteiger partial charge in [0.25, 0.3) is 0 Å². The Hall–Kier alpha value is -0.180. The molecule has 1 nitrogen and oxygen atoms in total. The lowest BCUT2D eigenvalue weighted by molar-refractivity contribution is 0.601. The molecule has 78 valence electrons. The summed E-state index contributed by atoms with van der Waals surface area (Å²) in [7, 11) is 0. The first-order valence-corrected chi connectivity index (χ1v) is 6.49. The summed E-state index contributed by atoms with van der Waals surface area (Å²) < 4.78 is 0. The molecule has 0 aliphatic heterocycles. The summed E-state index contributed by atoms with van der Waals surface area (Å²) in [6.07, 6.45) is 2.12. The fraction of sp³-hybridized carbons (Fsp3) is 0.455. The van der Waals surface area contributed by atoms with Crippen LogP contribution in [0.4, 0.5) is 0 Å². The summed E-state index contributed by atoms with van der Waals surface area (Å²) in [6, 6.07) is 8.38. The molecular weight excluding hydrogens is 214 g/mol. The Labute approximate surface area is 95.2 Å². The molecule has 1 atom stereocenters. The summed E-state index contributed by atoms with van der Waals surface area (Å²) in [5.41, 5.74) is 1.25. The van der Waals surface area contributed by atoms with Crippen molar-refractivity contribution in [3.05, 3.63) is 34.9 Å². The molecule has 0 unspecified atom stereocenters. The van der Waals surface area contributed by atoms with E-state index in [4.69, 9.17) is 11.6 Å². The molecule has 0 bridgehead atoms. The van der Waals surface area contributed by atoms with Gasteiger partial charge >= 0.3 is 0 Å². The van der Waals surface area contributed by atoms with E-state index in [-0.39, 0.29) is 0 Å². The average Bonchev–Trinajstić information content (AvgIpc) is 2.18. The first-order valence-electron chi connectivity index (χ1n) is 4.72. The predicted molar refractivity (Wildman–Crippen MR) is 66.3 cm³/mol. The highest BCUT2D eigenvalue weighted by molar-refractivity contribution is 7.98. The van der Waals surface area contributed by atoms with Crippen LogP contribution in [-0.2, 0) is 0 Å². The zero-order valence-corrected chi connectivity index (χ0v) is 10.2. The molecule has 0 saturated carbocycles. The van der Waals surface area contributed by atoms with Crippen LogP contribution in [0.2, 0.25) is 5.02 Å². The highest BCUT2D eigenvalue weighted by atomic mass is 35.5. The zero-order valence-electron chi connectivity index (χ0n) is 8.59. The van der Waals surface area contributed by atoms with Gasteiger partial charge < -0.3 is 5.32 Å². The molecule has 0 radical (unpaired) electrons. The summed E-state index contributed by atoms with van der Waals surface area (Å²) in [6.45, 7) is 3.20. The maximum Gasteiger partial charge on any atom is 0.0409 e. The molecule has 1 N–H and O–H groups in total. The minimum Gasteiger partial charge on any atom is -0.309 e. The fourth-order valence-corrected chi connectivity index (χ4v) is 1.79. The van der Waals surface area contributed by atoms with Crippen LogP contribution in [0.5, 0.6) is 0 Å². The van der Waals surface area contributed by atoms with Crippen LogP contribution in [-0.4, -0.2) is 18.6 Å². The lowest BCUT2D eigenvalue weighted by Crippen LogP contribution is -2.21. The van der Waals surface area contributed by atoms with Gasteiger partial charge in [-0.15, -0.1) is 0 Å². The zero-order chi connectivity index (χ0) is 10.4. The topological polar surface area (TPSA) is 12.0 Å². The smallest absolute Gasteiger partial charge is 0.0409 e. The van der Waals surface area contributed by atoms with Crippen LogP contribution in [0.1, 0.15) is 18.5 Å². The van der Waals surface area contributed by atoms with E-state index in [0.29, 0.717) is 6.04 Å². The van der Waals surface area contributed by atoms with Gasteiger partial charge in [-0.2, -0.15) is 11.8 Å². The number of thioether (sulfide) groups is 1. The van der Waals surface area contributed by atoms with Crippen molar-refractivity contribution >= 4 is 23.4 Å². The van der Waals surface area contributed by atoms with E-state index in [1.54, 1.807) is 0 Å². The number of rotatable bonds is 5. The largest absolute Gasteiger partial charge is 0.309 e. The molecule has 0 heterocycles. The van der Waals surface area contributed by atoms with Gasteiger partial charge in [-0.1, -0.05) is 23.7 Å². The minimum atomic E-state index is 0.376. The summed E-state index contributed by atoms with van der Waals surface area (Å²) >= 11 is 7.77. The van der Waals surface area contributed by atoms with Crippen molar-refractivity contribution in [3.63, 3.8) is 0 Å². The first-order chi connectivity index (χ1) is 6.74. The Morgan fingerprint density at radius 3 is 2.93 bits per heavy atom. The van der Waals surface area contributed by atoms with Crippen molar-refractivity contribution < 1.29 is 0 Å². The maximum absolute atomic E-state index is 5.92. The monoisotopic (exact) mass is 229 g/mol. The molecular formula is C11H16ClNS. The number of hydrogen-bond acceptors (Lipinski definition) is 2. The van der Waals surface area contributed by atoms with Crippen molar-refractivity contribution in [2.24, 2.45) is 0 Å². The van der Waals surface area contributed by atoms with Gasteiger partial charge in [0.05, 0.1) is 0 Å². The van der Waals surface area contributed by atoms with Gasteiger partial charge in [0.1, 0.15) is 0 Å². The van der Waals surface area contributed by atoms with Crippen molar-refractivity contribution in [2.45, 2.75) is 13.0 Å². The van der Waals surface area contributed by atoms with Crippen LogP contribution in [0.15, 0.2) is 24.3 Å². The first kappa shape index (κ1) is 11.9. The molecule has 1 aromatic rings. The van der Waals surface area contributed by atoms with Crippen LogP contribution in [0.25, 0.3) is 0 Å². The molecule has 14 heavy (non-hydrogen) atoms. The van der Waals surface area contributed by atoms with Crippen LogP contribution >= 0.6 is 23.4 Å². The fourth-order valence-electron chi connectivity index (χ4n) is 1.27. The Bertz CT molecular complexity index is 278. The molecule has 0 aromatic heterocycles. The van der Waals surface area contributed by atoms with Gasteiger partial charge in [0, 0.05) is 23.4 Å². The third-order valence-electron chi connectivity index (χ3n) is 2.11. The lowest BCUT2D eigenvalue weighted by atomic mass is 10.1. The van der Waals surface area contributed by atoms with Crippen molar-refractivity contribution in [1.82, 2.24) is 5.32 Å². The Morgan fingerprint density at radius 2 is 2.29 bits per heavy atom. The van der Waals surface area contributed by atoms with Crippen LogP contribution in [0, 0.1) is 0 Å². The quantitative estimate of drug-likeness (QED) is 0.778. The molecule has 1 aromatic carbocycles. The third-order valence-corrected chi connectivity index (χ3v) is 2.95. The minimum absolute atomic E-state index is 0.376. The molecule has 0 amide bonds. The molecule has 3 heteroatoms. The van der Waals surface area contributed by atoms with E-state index in [1.165, 1.54) is 5.56 Å². The molecule has 0 spiro atoms. The molecule has 0 aliphatic rings. The summed E-state index contributed by atoms with van der Waals surface area (Å²) in [5.74, 6) is 1.14. The van der Waals surface area contributed by atoms with Gasteiger partial charge in [-0.3, -0.25) is 0 Å². The molecule has 0 saturated heterocycles. The van der Waals surface area contributed by atoms with Gasteiger partial charge in [0.15, 0.2) is 0 Å². The van der Waals surface area contributed by atoms with Crippen molar-refractivity contribution in [2.75, 3.05) is 18.6 Å². The van der Waals surface area contributed by atoms with E-state index in [1.807, 2.05) is 30.0 Å². The summed E-state index contributed by atoms with van der Waals surface area (Å²) in [4.78, 5) is 0. The number of nitrogens with one attached hydrogen (secondary N) is 1. The average molecular weight is 230 g/mol. The van der Waals surface area contributed by atoms with Crippen LogP contribution in [0.3, 0.4) is 0 Å². The van der Waals surface area contributed by atoms with Gasteiger partial charge in [-0.25, -0.2) is 0 Å². The molecule has 0 fully saturated rings. The van der Waals surface area contributed by atoms with Crippen LogP contribution < -0.4 is 5.32 Å². The van der Waals surface area contributed by atoms with Gasteiger partial charge in [0.2, 0.25) is 0 Å². The Balaban J connectivity index is 2.47. The normalized spacial score (nSPS) is 12.8. The van der Waals surface area contributed by atoms with E-state index in [2.05, 4.69) is 24.6 Å². The number of hydrogen-bond donors (Lipinski definition) is 1. The second-order valence-corrected chi connectivity index (χ2v) is 4.65. The Kier molecular flexibility index (Phi) is 5.38. The predicted octanol–water partition coefficient (Wildman–Crippen LogP) is 3.35. The highest BCUT2D eigenvalue weighted by Crippen LogP contribution is 2.16. The van der Waals surface area contributed by atoms with E-state index in [9.17, 15) is 0 Å². The van der Waals surface area contributed by atoms with Gasteiger partial charge in [-0.05, 0) is 30.9 Å². The number of benzene rings is 1. The van der Waals surface area contributed by atoms with Crippen molar-refractivity contribution in [1.29, 1.82) is 0 Å². The number of halogens is 1. The second-order valence-electron chi connectivity index (χ2n) is 3.22. The maximum atomic E-state index is 5.92. The lowest BCUT2D eigenvalue weighted by Gasteiger charge is -2.13. The molecule has 0 aliphatic carbocycles.